The zero-order valence-electron chi connectivity index (χ0n) is 43.5. The normalized spacial score (nSPS) is 21.1. The summed E-state index contributed by atoms with van der Waals surface area (Å²) in [5, 5.41) is 6.22. The summed E-state index contributed by atoms with van der Waals surface area (Å²) in [6.45, 7) is 14.8. The lowest BCUT2D eigenvalue weighted by Crippen LogP contribution is -2.52. The van der Waals surface area contributed by atoms with Crippen molar-refractivity contribution in [3.63, 3.8) is 0 Å². The van der Waals surface area contributed by atoms with Crippen molar-refractivity contribution < 1.29 is 24.0 Å². The highest BCUT2D eigenvalue weighted by molar-refractivity contribution is 7.99. The number of piperidine rings is 3. The first-order valence-electron chi connectivity index (χ1n) is 26.7. The van der Waals surface area contributed by atoms with Gasteiger partial charge >= 0.3 is 0 Å². The third-order valence-corrected chi connectivity index (χ3v) is 17.1. The maximum atomic E-state index is 13.7. The molecule has 2 aromatic heterocycles. The van der Waals surface area contributed by atoms with Crippen LogP contribution in [-0.2, 0) is 16.1 Å². The standard InChI is InChI=1S/C58H66N12O5S/c1-57(2)37-69(24-19-47(57)39-9-14-48(60-33-39)56(75)68-29-27-66(28-30-68)44-12-13-46-40(31-44)36-70(55(46)74)49-15-16-51(71)64-54(49)73)43-17-22-65(23-18-43)42-10-7-38(8-11-42)53(72)63-41-5-4-6-45(32-41)76-52-35-61-50(34-62-52)67-25-20-58(3,59)21-26-67/h4-14,19,31-35,43,49H,15-18,20-30,36-37,59H2,1-3H3,(H,63,72)(H,64,71,73). The first kappa shape index (κ1) is 51.0. The molecule has 1 unspecified atom stereocenters. The number of amides is 5. The number of imide groups is 1. The van der Waals surface area contributed by atoms with E-state index in [4.69, 9.17) is 10.7 Å². The number of pyridine rings is 1. The number of hydrogen-bond acceptors (Lipinski definition) is 14. The SMILES string of the molecule is CC1(N)CCN(c2cnc(Sc3cccc(NC(=O)c4ccc(N5CCC(N6CC=C(c7ccc(C(=O)N8CCN(c9ccc%10c(c9)CN(C9CCC(=O)NC9=O)C%10=O)CC8)nc7)C(C)(C)C6)CC5)cc4)c3)cn2)CC1. The monoisotopic (exact) mass is 1040 g/mol. The smallest absolute Gasteiger partial charge is 0.272 e. The molecule has 0 saturated carbocycles. The first-order valence-corrected chi connectivity index (χ1v) is 27.5. The van der Waals surface area contributed by atoms with Gasteiger partial charge in [-0.2, -0.15) is 0 Å². The summed E-state index contributed by atoms with van der Waals surface area (Å²) in [5.41, 5.74) is 13.7. The highest BCUT2D eigenvalue weighted by Crippen LogP contribution is 2.40. The lowest BCUT2D eigenvalue weighted by Gasteiger charge is -2.45. The van der Waals surface area contributed by atoms with Crippen molar-refractivity contribution in [2.24, 2.45) is 11.1 Å². The predicted molar refractivity (Wildman–Crippen MR) is 294 cm³/mol. The molecule has 8 heterocycles. The number of benzene rings is 3. The van der Waals surface area contributed by atoms with Crippen LogP contribution in [0.5, 0.6) is 0 Å². The Bertz CT molecular complexity index is 3050. The van der Waals surface area contributed by atoms with Crippen LogP contribution in [0.4, 0.5) is 22.9 Å². The number of fused-ring (bicyclic) bond motifs is 1. The van der Waals surface area contributed by atoms with Crippen LogP contribution in [-0.4, -0.2) is 142 Å². The van der Waals surface area contributed by atoms with Crippen LogP contribution in [0.25, 0.3) is 5.57 Å². The van der Waals surface area contributed by atoms with Crippen LogP contribution >= 0.6 is 11.8 Å². The molecule has 394 valence electrons. The minimum absolute atomic E-state index is 0.0857. The van der Waals surface area contributed by atoms with Gasteiger partial charge in [0.1, 0.15) is 22.6 Å². The van der Waals surface area contributed by atoms with Gasteiger partial charge in [-0.1, -0.05) is 43.8 Å². The molecule has 4 N–H and O–H groups in total. The van der Waals surface area contributed by atoms with Crippen LogP contribution in [0, 0.1) is 5.41 Å². The molecule has 0 bridgehead atoms. The molecule has 5 aromatic rings. The molecule has 0 aliphatic carbocycles. The fraction of sp³-hybridized carbons (Fsp3) is 0.414. The van der Waals surface area contributed by atoms with Crippen molar-refractivity contribution in [3.05, 3.63) is 131 Å². The van der Waals surface area contributed by atoms with Gasteiger partial charge in [0.2, 0.25) is 11.8 Å². The van der Waals surface area contributed by atoms with Gasteiger partial charge in [0, 0.05) is 135 Å². The second-order valence-electron chi connectivity index (χ2n) is 22.1. The van der Waals surface area contributed by atoms with Gasteiger partial charge in [-0.25, -0.2) is 9.97 Å². The van der Waals surface area contributed by atoms with E-state index in [0.29, 0.717) is 62.0 Å². The summed E-state index contributed by atoms with van der Waals surface area (Å²) in [7, 11) is 0. The molecule has 76 heavy (non-hydrogen) atoms. The van der Waals surface area contributed by atoms with Crippen molar-refractivity contribution in [2.45, 2.75) is 93.4 Å². The molecule has 6 aliphatic heterocycles. The van der Waals surface area contributed by atoms with E-state index in [9.17, 15) is 24.0 Å². The number of piperazine rings is 1. The Morgan fingerprint density at radius 3 is 2.21 bits per heavy atom. The van der Waals surface area contributed by atoms with Crippen molar-refractivity contribution in [1.82, 2.24) is 35.0 Å². The Morgan fingerprint density at radius 2 is 1.51 bits per heavy atom. The van der Waals surface area contributed by atoms with Crippen LogP contribution < -0.4 is 31.1 Å². The third kappa shape index (κ3) is 10.9. The van der Waals surface area contributed by atoms with E-state index in [0.717, 1.165) is 109 Å². The molecule has 6 aliphatic rings. The van der Waals surface area contributed by atoms with E-state index >= 15 is 0 Å². The maximum absolute atomic E-state index is 13.7. The molecule has 1 atom stereocenters. The summed E-state index contributed by atoms with van der Waals surface area (Å²) < 4.78 is 0. The molecular formula is C58H66N12O5S. The second kappa shape index (κ2) is 21.1. The molecule has 18 heteroatoms. The van der Waals surface area contributed by atoms with Gasteiger partial charge < -0.3 is 35.6 Å². The van der Waals surface area contributed by atoms with Crippen LogP contribution in [0.3, 0.4) is 0 Å². The summed E-state index contributed by atoms with van der Waals surface area (Å²) in [6, 6.07) is 25.2. The Balaban J connectivity index is 0.627. The fourth-order valence-electron chi connectivity index (χ4n) is 11.7. The molecule has 5 amide bonds. The number of anilines is 4. The van der Waals surface area contributed by atoms with Crippen molar-refractivity contribution >= 4 is 69.8 Å². The van der Waals surface area contributed by atoms with E-state index < -0.39 is 11.9 Å². The Kier molecular flexibility index (Phi) is 14.2. The molecular weight excluding hydrogens is 977 g/mol. The van der Waals surface area contributed by atoms with Crippen molar-refractivity contribution in [1.29, 1.82) is 0 Å². The van der Waals surface area contributed by atoms with Gasteiger partial charge in [-0.05, 0) is 122 Å². The lowest BCUT2D eigenvalue weighted by atomic mass is 9.77. The second-order valence-corrected chi connectivity index (χ2v) is 23.2. The van der Waals surface area contributed by atoms with E-state index in [2.05, 4.69) is 79.2 Å². The fourth-order valence-corrected chi connectivity index (χ4v) is 12.5. The van der Waals surface area contributed by atoms with Crippen LogP contribution in [0.2, 0.25) is 0 Å². The zero-order chi connectivity index (χ0) is 52.7. The Morgan fingerprint density at radius 1 is 0.763 bits per heavy atom. The molecule has 11 rings (SSSR count). The highest BCUT2D eigenvalue weighted by atomic mass is 32.2. The van der Waals surface area contributed by atoms with E-state index in [1.54, 1.807) is 11.1 Å². The number of carbonyl (C=O) groups is 5. The van der Waals surface area contributed by atoms with Gasteiger partial charge in [-0.15, -0.1) is 0 Å². The number of aromatic nitrogens is 3. The number of nitrogens with two attached hydrogens (primary N) is 1. The quantitative estimate of drug-likeness (QED) is 0.118. The number of nitrogens with one attached hydrogen (secondary N) is 2. The van der Waals surface area contributed by atoms with Crippen LogP contribution in [0.1, 0.15) is 102 Å². The maximum Gasteiger partial charge on any atom is 0.272 e. The molecule has 4 saturated heterocycles. The van der Waals surface area contributed by atoms with Gasteiger partial charge in [0.15, 0.2) is 0 Å². The number of hydrogen-bond donors (Lipinski definition) is 3. The molecule has 0 radical (unpaired) electrons. The average Bonchev–Trinajstić information content (AvgIpc) is 3.76. The van der Waals surface area contributed by atoms with Crippen molar-refractivity contribution in [2.75, 3.05) is 85.5 Å². The van der Waals surface area contributed by atoms with E-state index in [1.165, 1.54) is 17.3 Å². The number of carbonyl (C=O) groups excluding carboxylic acids is 5. The molecule has 0 spiro atoms. The summed E-state index contributed by atoms with van der Waals surface area (Å²) in [6.07, 6.45) is 12.3. The highest BCUT2D eigenvalue weighted by Gasteiger charge is 2.40. The predicted octanol–water partition coefficient (Wildman–Crippen LogP) is 6.71. The number of nitrogens with zero attached hydrogens (tertiary/aromatic N) is 9. The summed E-state index contributed by atoms with van der Waals surface area (Å²) in [4.78, 5) is 92.4. The lowest BCUT2D eigenvalue weighted by molar-refractivity contribution is -0.136. The van der Waals surface area contributed by atoms with E-state index in [1.807, 2.05) is 84.0 Å². The topological polar surface area (TPSA) is 194 Å². The first-order chi connectivity index (χ1) is 36.6. The van der Waals surface area contributed by atoms with Gasteiger partial charge in [0.25, 0.3) is 17.7 Å². The van der Waals surface area contributed by atoms with Crippen molar-refractivity contribution in [3.8, 4) is 0 Å². The van der Waals surface area contributed by atoms with Gasteiger partial charge in [-0.3, -0.25) is 39.2 Å². The average molecular weight is 1040 g/mol. The zero-order valence-corrected chi connectivity index (χ0v) is 44.4. The van der Waals surface area contributed by atoms with Crippen LogP contribution in [0.15, 0.2) is 113 Å². The third-order valence-electron chi connectivity index (χ3n) is 16.2. The minimum Gasteiger partial charge on any atom is -0.371 e. The largest absolute Gasteiger partial charge is 0.371 e. The summed E-state index contributed by atoms with van der Waals surface area (Å²) >= 11 is 1.51. The molecule has 17 nitrogen and oxygen atoms in total. The minimum atomic E-state index is -0.650. The molecule has 4 fully saturated rings. The van der Waals surface area contributed by atoms with Gasteiger partial charge in [0.05, 0.1) is 12.4 Å². The summed E-state index contributed by atoms with van der Waals surface area (Å²) in [5.74, 6) is -0.285. The van der Waals surface area contributed by atoms with E-state index in [-0.39, 0.29) is 41.0 Å². The Labute approximate surface area is 448 Å². The number of rotatable bonds is 11. The Hall–Kier alpha value is -7.15. The molecule has 3 aromatic carbocycles.